The normalized spacial score (nSPS) is 18.4. The lowest BCUT2D eigenvalue weighted by molar-refractivity contribution is -0.137. The lowest BCUT2D eigenvalue weighted by atomic mass is 10.0. The van der Waals surface area contributed by atoms with E-state index in [4.69, 9.17) is 10.8 Å². The number of nitrogens with two attached hydrogens (primary N) is 1. The van der Waals surface area contributed by atoms with E-state index in [-0.39, 0.29) is 24.8 Å². The summed E-state index contributed by atoms with van der Waals surface area (Å²) in [6, 6.07) is 0. The van der Waals surface area contributed by atoms with E-state index in [0.717, 1.165) is 6.42 Å². The van der Waals surface area contributed by atoms with Crippen LogP contribution in [0.25, 0.3) is 0 Å². The fourth-order valence-electron chi connectivity index (χ4n) is 2.37. The molecule has 0 radical (unpaired) electrons. The SMILES string of the molecule is NCc1cn(CC(=O)N2CCC(CCC(=O)O)C2)nn1. The number of carbonyl (C=O) groups is 2. The third-order valence-electron chi connectivity index (χ3n) is 3.50. The van der Waals surface area contributed by atoms with Gasteiger partial charge in [0, 0.05) is 26.1 Å². The second-order valence-electron chi connectivity index (χ2n) is 5.04. The highest BCUT2D eigenvalue weighted by Crippen LogP contribution is 2.21. The van der Waals surface area contributed by atoms with E-state index in [2.05, 4.69) is 10.3 Å². The van der Waals surface area contributed by atoms with Crippen molar-refractivity contribution in [2.75, 3.05) is 13.1 Å². The zero-order chi connectivity index (χ0) is 14.5. The van der Waals surface area contributed by atoms with Crippen molar-refractivity contribution in [1.82, 2.24) is 19.9 Å². The van der Waals surface area contributed by atoms with Crippen molar-refractivity contribution in [3.05, 3.63) is 11.9 Å². The molecule has 1 atom stereocenters. The fourth-order valence-corrected chi connectivity index (χ4v) is 2.37. The molecule has 3 N–H and O–H groups in total. The first kappa shape index (κ1) is 14.4. The van der Waals surface area contributed by atoms with Crippen LogP contribution >= 0.6 is 0 Å². The van der Waals surface area contributed by atoms with Crippen LogP contribution in [-0.2, 0) is 22.7 Å². The summed E-state index contributed by atoms with van der Waals surface area (Å²) < 4.78 is 1.48. The van der Waals surface area contributed by atoms with Gasteiger partial charge in [0.25, 0.3) is 0 Å². The molecule has 8 nitrogen and oxygen atoms in total. The Bertz CT molecular complexity index is 487. The fraction of sp³-hybridized carbons (Fsp3) is 0.667. The van der Waals surface area contributed by atoms with E-state index in [1.54, 1.807) is 11.1 Å². The summed E-state index contributed by atoms with van der Waals surface area (Å²) in [6.45, 7) is 1.76. The maximum absolute atomic E-state index is 12.1. The minimum atomic E-state index is -0.785. The van der Waals surface area contributed by atoms with Crippen molar-refractivity contribution in [1.29, 1.82) is 0 Å². The van der Waals surface area contributed by atoms with Crippen molar-refractivity contribution in [2.24, 2.45) is 11.7 Å². The number of hydrogen-bond donors (Lipinski definition) is 2. The lowest BCUT2D eigenvalue weighted by Crippen LogP contribution is -2.32. The van der Waals surface area contributed by atoms with Gasteiger partial charge < -0.3 is 15.7 Å². The third-order valence-corrected chi connectivity index (χ3v) is 3.50. The quantitative estimate of drug-likeness (QED) is 0.723. The van der Waals surface area contributed by atoms with Crippen LogP contribution in [0, 0.1) is 5.92 Å². The van der Waals surface area contributed by atoms with Gasteiger partial charge in [-0.15, -0.1) is 5.10 Å². The Morgan fingerprint density at radius 2 is 2.30 bits per heavy atom. The van der Waals surface area contributed by atoms with Crippen LogP contribution in [0.1, 0.15) is 25.0 Å². The molecule has 1 aromatic heterocycles. The van der Waals surface area contributed by atoms with Crippen LogP contribution in [0.5, 0.6) is 0 Å². The van der Waals surface area contributed by atoms with Crippen molar-refractivity contribution < 1.29 is 14.7 Å². The average molecular weight is 281 g/mol. The molecule has 8 heteroatoms. The van der Waals surface area contributed by atoms with E-state index in [0.29, 0.717) is 31.7 Å². The van der Waals surface area contributed by atoms with Gasteiger partial charge in [-0.2, -0.15) is 0 Å². The largest absolute Gasteiger partial charge is 0.481 e. The topological polar surface area (TPSA) is 114 Å². The van der Waals surface area contributed by atoms with Gasteiger partial charge in [0.15, 0.2) is 0 Å². The minimum Gasteiger partial charge on any atom is -0.481 e. The molecule has 1 amide bonds. The molecule has 0 bridgehead atoms. The van der Waals surface area contributed by atoms with Gasteiger partial charge in [0.05, 0.1) is 11.9 Å². The second-order valence-corrected chi connectivity index (χ2v) is 5.04. The number of carboxylic acid groups (broad SMARTS) is 1. The van der Waals surface area contributed by atoms with E-state index in [9.17, 15) is 9.59 Å². The van der Waals surface area contributed by atoms with Gasteiger partial charge in [-0.05, 0) is 18.8 Å². The molecule has 0 aromatic carbocycles. The summed E-state index contributed by atoms with van der Waals surface area (Å²) in [5, 5.41) is 16.3. The molecule has 0 spiro atoms. The molecule has 20 heavy (non-hydrogen) atoms. The first-order valence-corrected chi connectivity index (χ1v) is 6.67. The standard InChI is InChI=1S/C12H19N5O3/c13-5-10-7-17(15-14-10)8-11(18)16-4-3-9(6-16)1-2-12(19)20/h7,9H,1-6,8,13H2,(H,19,20). The zero-order valence-corrected chi connectivity index (χ0v) is 11.2. The lowest BCUT2D eigenvalue weighted by Gasteiger charge is -2.16. The molecule has 0 aliphatic carbocycles. The molecule has 2 rings (SSSR count). The maximum atomic E-state index is 12.1. The molecule has 1 unspecified atom stereocenters. The minimum absolute atomic E-state index is 0.0173. The number of nitrogens with zero attached hydrogens (tertiary/aromatic N) is 4. The highest BCUT2D eigenvalue weighted by Gasteiger charge is 2.26. The van der Waals surface area contributed by atoms with E-state index in [1.165, 1.54) is 4.68 Å². The summed E-state index contributed by atoms with van der Waals surface area (Å²) in [4.78, 5) is 24.4. The number of rotatable bonds is 6. The van der Waals surface area contributed by atoms with Gasteiger partial charge in [-0.3, -0.25) is 9.59 Å². The van der Waals surface area contributed by atoms with Crippen molar-refractivity contribution >= 4 is 11.9 Å². The van der Waals surface area contributed by atoms with Gasteiger partial charge in [-0.1, -0.05) is 5.21 Å². The molecule has 1 saturated heterocycles. The third kappa shape index (κ3) is 3.77. The van der Waals surface area contributed by atoms with Crippen molar-refractivity contribution in [2.45, 2.75) is 32.4 Å². The number of carboxylic acids is 1. The Labute approximate surface area is 116 Å². The van der Waals surface area contributed by atoms with Crippen LogP contribution in [0.15, 0.2) is 6.20 Å². The van der Waals surface area contributed by atoms with Crippen LogP contribution in [-0.4, -0.2) is 50.0 Å². The predicted molar refractivity (Wildman–Crippen MR) is 69.5 cm³/mol. The molecule has 2 heterocycles. The van der Waals surface area contributed by atoms with Crippen molar-refractivity contribution in [3.8, 4) is 0 Å². The average Bonchev–Trinajstić information content (AvgIpc) is 3.04. The molecule has 1 aliphatic heterocycles. The number of aliphatic carboxylic acids is 1. The highest BCUT2D eigenvalue weighted by atomic mass is 16.4. The molecule has 0 saturated carbocycles. The highest BCUT2D eigenvalue weighted by molar-refractivity contribution is 5.76. The number of carbonyl (C=O) groups excluding carboxylic acids is 1. The van der Waals surface area contributed by atoms with Crippen LogP contribution < -0.4 is 5.73 Å². The summed E-state index contributed by atoms with van der Waals surface area (Å²) in [5.74, 6) is -0.520. The van der Waals surface area contributed by atoms with Gasteiger partial charge in [-0.25, -0.2) is 4.68 Å². The Kier molecular flexibility index (Phi) is 4.67. The van der Waals surface area contributed by atoms with E-state index in [1.807, 2.05) is 0 Å². The molecular formula is C12H19N5O3. The second kappa shape index (κ2) is 6.47. The summed E-state index contributed by atoms with van der Waals surface area (Å²) in [5.41, 5.74) is 6.08. The summed E-state index contributed by atoms with van der Waals surface area (Å²) in [6.07, 6.45) is 3.32. The maximum Gasteiger partial charge on any atom is 0.303 e. The molecule has 1 fully saturated rings. The first-order chi connectivity index (χ1) is 9.58. The first-order valence-electron chi connectivity index (χ1n) is 6.67. The number of likely N-dealkylation sites (tertiary alicyclic amines) is 1. The van der Waals surface area contributed by atoms with Crippen LogP contribution in [0.2, 0.25) is 0 Å². The molecule has 1 aliphatic rings. The molecule has 110 valence electrons. The number of aromatic nitrogens is 3. The van der Waals surface area contributed by atoms with Gasteiger partial charge >= 0.3 is 5.97 Å². The van der Waals surface area contributed by atoms with E-state index < -0.39 is 5.97 Å². The number of amides is 1. The number of hydrogen-bond acceptors (Lipinski definition) is 5. The monoisotopic (exact) mass is 281 g/mol. The van der Waals surface area contributed by atoms with Crippen LogP contribution in [0.3, 0.4) is 0 Å². The van der Waals surface area contributed by atoms with Crippen LogP contribution in [0.4, 0.5) is 0 Å². The Morgan fingerprint density at radius 1 is 1.50 bits per heavy atom. The zero-order valence-electron chi connectivity index (χ0n) is 11.2. The molecule has 1 aromatic rings. The summed E-state index contributed by atoms with van der Waals surface area (Å²) >= 11 is 0. The van der Waals surface area contributed by atoms with Gasteiger partial charge in [0.1, 0.15) is 6.54 Å². The smallest absolute Gasteiger partial charge is 0.303 e. The Hall–Kier alpha value is -1.96. The molecular weight excluding hydrogens is 262 g/mol. The van der Waals surface area contributed by atoms with Crippen molar-refractivity contribution in [3.63, 3.8) is 0 Å². The van der Waals surface area contributed by atoms with E-state index >= 15 is 0 Å². The Morgan fingerprint density at radius 3 is 2.95 bits per heavy atom. The predicted octanol–water partition coefficient (Wildman–Crippen LogP) is -0.550. The van der Waals surface area contributed by atoms with Gasteiger partial charge in [0.2, 0.25) is 5.91 Å². The summed E-state index contributed by atoms with van der Waals surface area (Å²) in [7, 11) is 0. The Balaban J connectivity index is 1.80.